The van der Waals surface area contributed by atoms with E-state index < -0.39 is 11.4 Å². The highest BCUT2D eigenvalue weighted by Gasteiger charge is 1.99. The van der Waals surface area contributed by atoms with E-state index in [2.05, 4.69) is 4.28 Å². The van der Waals surface area contributed by atoms with Crippen molar-refractivity contribution < 1.29 is 13.0 Å². The third-order valence-electron chi connectivity index (χ3n) is 1.57. The first-order valence-corrected chi connectivity index (χ1v) is 4.67. The zero-order valence-electron chi connectivity index (χ0n) is 7.39. The van der Waals surface area contributed by atoms with Crippen LogP contribution in [0.3, 0.4) is 0 Å². The van der Waals surface area contributed by atoms with E-state index in [-0.39, 0.29) is 0 Å². The van der Waals surface area contributed by atoms with Crippen LogP contribution in [0.1, 0.15) is 5.56 Å². The molecule has 0 aliphatic carbocycles. The monoisotopic (exact) mass is 200 g/mol. The molecule has 1 atom stereocenters. The zero-order chi connectivity index (χ0) is 9.84. The van der Waals surface area contributed by atoms with Gasteiger partial charge < -0.3 is 4.55 Å². The smallest absolute Gasteiger partial charge is 0.112 e. The SMILES string of the molecule is Cc1ccc(N(C)OS(=O)[O-])cc1. The largest absolute Gasteiger partial charge is 0.748 e. The summed E-state index contributed by atoms with van der Waals surface area (Å²) in [6.07, 6.45) is 0. The van der Waals surface area contributed by atoms with Crippen molar-refractivity contribution in [2.45, 2.75) is 6.92 Å². The van der Waals surface area contributed by atoms with Crippen LogP contribution in [0, 0.1) is 6.92 Å². The average molecular weight is 200 g/mol. The molecule has 0 aliphatic rings. The van der Waals surface area contributed by atoms with Crippen LogP contribution in [0.2, 0.25) is 0 Å². The van der Waals surface area contributed by atoms with Crippen molar-refractivity contribution in [3.63, 3.8) is 0 Å². The summed E-state index contributed by atoms with van der Waals surface area (Å²) >= 11 is -2.53. The van der Waals surface area contributed by atoms with Crippen molar-refractivity contribution in [3.8, 4) is 0 Å². The second kappa shape index (κ2) is 4.36. The van der Waals surface area contributed by atoms with Crippen LogP contribution >= 0.6 is 0 Å². The molecule has 0 saturated carbocycles. The second-order valence-electron chi connectivity index (χ2n) is 2.61. The van der Waals surface area contributed by atoms with Gasteiger partial charge in [-0.25, -0.2) is 9.27 Å². The van der Waals surface area contributed by atoms with Gasteiger partial charge in [0.05, 0.1) is 5.69 Å². The van der Waals surface area contributed by atoms with Crippen molar-refractivity contribution in [1.29, 1.82) is 0 Å². The summed E-state index contributed by atoms with van der Waals surface area (Å²) in [7, 11) is 1.53. The van der Waals surface area contributed by atoms with Gasteiger partial charge in [0.25, 0.3) is 0 Å². The summed E-state index contributed by atoms with van der Waals surface area (Å²) in [5.41, 5.74) is 1.80. The van der Waals surface area contributed by atoms with Crippen LogP contribution in [0.4, 0.5) is 5.69 Å². The van der Waals surface area contributed by atoms with Gasteiger partial charge in [-0.05, 0) is 19.1 Å². The van der Waals surface area contributed by atoms with Crippen LogP contribution in [-0.4, -0.2) is 15.8 Å². The topological polar surface area (TPSA) is 52.6 Å². The molecule has 0 fully saturated rings. The fourth-order valence-corrected chi connectivity index (χ4v) is 1.16. The molecular formula is C8H10NO3S-. The molecule has 1 unspecified atom stereocenters. The Bertz CT molecular complexity index is 299. The molecule has 5 heteroatoms. The van der Waals surface area contributed by atoms with Gasteiger partial charge in [0.15, 0.2) is 0 Å². The number of benzene rings is 1. The van der Waals surface area contributed by atoms with Gasteiger partial charge >= 0.3 is 0 Å². The van der Waals surface area contributed by atoms with Crippen molar-refractivity contribution in [2.24, 2.45) is 0 Å². The van der Waals surface area contributed by atoms with Gasteiger partial charge in [-0.15, -0.1) is 0 Å². The minimum absolute atomic E-state index is 0.690. The first-order chi connectivity index (χ1) is 6.09. The second-order valence-corrected chi connectivity index (χ2v) is 3.17. The van der Waals surface area contributed by atoms with Crippen molar-refractivity contribution in [2.75, 3.05) is 12.1 Å². The number of rotatable bonds is 3. The molecule has 4 nitrogen and oxygen atoms in total. The van der Waals surface area contributed by atoms with Crippen molar-refractivity contribution in [1.82, 2.24) is 0 Å². The van der Waals surface area contributed by atoms with Crippen LogP contribution in [0.15, 0.2) is 24.3 Å². The fourth-order valence-electron chi connectivity index (χ4n) is 0.889. The maximum absolute atomic E-state index is 10.2. The number of anilines is 1. The van der Waals surface area contributed by atoms with Crippen LogP contribution in [0.25, 0.3) is 0 Å². The van der Waals surface area contributed by atoms with E-state index >= 15 is 0 Å². The van der Waals surface area contributed by atoms with E-state index in [1.54, 1.807) is 12.1 Å². The fraction of sp³-hybridized carbons (Fsp3) is 0.250. The van der Waals surface area contributed by atoms with Crippen molar-refractivity contribution in [3.05, 3.63) is 29.8 Å². The van der Waals surface area contributed by atoms with E-state index in [9.17, 15) is 8.76 Å². The molecule has 0 aliphatic heterocycles. The van der Waals surface area contributed by atoms with Gasteiger partial charge in [0.1, 0.15) is 11.4 Å². The molecule has 72 valence electrons. The standard InChI is InChI=1S/C8H11NO3S/c1-7-3-5-8(6-4-7)9(2)12-13(10)11/h3-6H,1-2H3,(H,10,11)/p-1. The van der Waals surface area contributed by atoms with E-state index in [0.29, 0.717) is 5.69 Å². The van der Waals surface area contributed by atoms with Gasteiger partial charge in [-0.2, -0.15) is 4.28 Å². The first-order valence-electron chi connectivity index (χ1n) is 3.67. The lowest BCUT2D eigenvalue weighted by atomic mass is 10.2. The molecule has 0 spiro atoms. The Morgan fingerprint density at radius 1 is 1.38 bits per heavy atom. The highest BCUT2D eigenvalue weighted by Crippen LogP contribution is 2.13. The third kappa shape index (κ3) is 3.14. The number of hydrogen-bond acceptors (Lipinski definition) is 4. The summed E-state index contributed by atoms with van der Waals surface area (Å²) in [5, 5.41) is 1.18. The minimum Gasteiger partial charge on any atom is -0.748 e. The third-order valence-corrected chi connectivity index (χ3v) is 1.92. The lowest BCUT2D eigenvalue weighted by molar-refractivity contribution is 0.289. The number of hydroxylamine groups is 1. The maximum atomic E-state index is 10.2. The molecule has 1 aromatic rings. The van der Waals surface area contributed by atoms with Gasteiger partial charge in [0.2, 0.25) is 0 Å². The van der Waals surface area contributed by atoms with Gasteiger partial charge in [-0.3, -0.25) is 0 Å². The Hall–Kier alpha value is -0.910. The van der Waals surface area contributed by atoms with Gasteiger partial charge in [-0.1, -0.05) is 17.7 Å². The van der Waals surface area contributed by atoms with Crippen molar-refractivity contribution >= 4 is 17.0 Å². The predicted molar refractivity (Wildman–Crippen MR) is 49.6 cm³/mol. The quantitative estimate of drug-likeness (QED) is 0.542. The highest BCUT2D eigenvalue weighted by molar-refractivity contribution is 7.74. The molecule has 0 amide bonds. The lowest BCUT2D eigenvalue weighted by Gasteiger charge is -2.18. The Labute approximate surface area is 79.6 Å². The molecule has 0 radical (unpaired) electrons. The molecule has 0 saturated heterocycles. The molecule has 13 heavy (non-hydrogen) atoms. The number of aryl methyl sites for hydroxylation is 1. The van der Waals surface area contributed by atoms with E-state index in [0.717, 1.165) is 5.56 Å². The Kier molecular flexibility index (Phi) is 3.41. The first kappa shape index (κ1) is 10.2. The number of nitrogens with zero attached hydrogens (tertiary/aromatic N) is 1. The predicted octanol–water partition coefficient (Wildman–Crippen LogP) is 1.16. The molecule has 1 aromatic carbocycles. The zero-order valence-corrected chi connectivity index (χ0v) is 8.21. The summed E-state index contributed by atoms with van der Waals surface area (Å²) in [6, 6.07) is 7.32. The molecule has 0 heterocycles. The average Bonchev–Trinajstić information content (AvgIpc) is 2.04. The molecule has 0 aromatic heterocycles. The van der Waals surface area contributed by atoms with E-state index in [4.69, 9.17) is 0 Å². The normalized spacial score (nSPS) is 12.5. The molecular weight excluding hydrogens is 190 g/mol. The highest BCUT2D eigenvalue weighted by atomic mass is 32.2. The summed E-state index contributed by atoms with van der Waals surface area (Å²) in [6.45, 7) is 1.95. The minimum atomic E-state index is -2.53. The molecule has 0 N–H and O–H groups in total. The van der Waals surface area contributed by atoms with Crippen LogP contribution in [0.5, 0.6) is 0 Å². The Balaban J connectivity index is 2.71. The maximum Gasteiger partial charge on any atom is 0.112 e. The van der Waals surface area contributed by atoms with Crippen LogP contribution < -0.4 is 5.06 Å². The molecule has 1 rings (SSSR count). The molecule has 0 bridgehead atoms. The lowest BCUT2D eigenvalue weighted by Crippen LogP contribution is -2.18. The summed E-state index contributed by atoms with van der Waals surface area (Å²) < 4.78 is 24.8. The Morgan fingerprint density at radius 3 is 2.38 bits per heavy atom. The summed E-state index contributed by atoms with van der Waals surface area (Å²) in [4.78, 5) is 0. The van der Waals surface area contributed by atoms with E-state index in [1.165, 1.54) is 12.1 Å². The van der Waals surface area contributed by atoms with E-state index in [1.807, 2.05) is 19.1 Å². The van der Waals surface area contributed by atoms with Gasteiger partial charge in [0, 0.05) is 7.05 Å². The number of hydrogen-bond donors (Lipinski definition) is 0. The Morgan fingerprint density at radius 2 is 1.92 bits per heavy atom. The summed E-state index contributed by atoms with van der Waals surface area (Å²) in [5.74, 6) is 0. The van der Waals surface area contributed by atoms with Crippen LogP contribution in [-0.2, 0) is 15.6 Å².